The highest BCUT2D eigenvalue weighted by Crippen LogP contribution is 2.06. The van der Waals surface area contributed by atoms with Crippen LogP contribution in [0.5, 0.6) is 0 Å². The van der Waals surface area contributed by atoms with Crippen LogP contribution in [0.4, 0.5) is 0 Å². The fourth-order valence-electron chi connectivity index (χ4n) is 2.76. The van der Waals surface area contributed by atoms with E-state index in [2.05, 4.69) is 29.0 Å². The standard InChI is InChI=1S/C13H26N4O/c1-3-15-6-8-16(9-7-15)11-13(18)17-5-4-14-10-12(17)2/h12,14H,3-11H2,1-2H3/t12-/m1/s1. The van der Waals surface area contributed by atoms with Gasteiger partial charge in [0.05, 0.1) is 6.54 Å². The van der Waals surface area contributed by atoms with E-state index < -0.39 is 0 Å². The summed E-state index contributed by atoms with van der Waals surface area (Å²) in [6.45, 7) is 13.0. The van der Waals surface area contributed by atoms with Crippen molar-refractivity contribution in [3.8, 4) is 0 Å². The molecule has 0 unspecified atom stereocenters. The third kappa shape index (κ3) is 3.43. The number of amides is 1. The SMILES string of the molecule is CCN1CCN(CC(=O)N2CCNC[C@H]2C)CC1. The quantitative estimate of drug-likeness (QED) is 0.733. The molecule has 2 saturated heterocycles. The minimum atomic E-state index is 0.300. The monoisotopic (exact) mass is 254 g/mol. The van der Waals surface area contributed by atoms with Crippen LogP contribution in [0.3, 0.4) is 0 Å². The fourth-order valence-corrected chi connectivity index (χ4v) is 2.76. The zero-order chi connectivity index (χ0) is 13.0. The summed E-state index contributed by atoms with van der Waals surface area (Å²) in [5.74, 6) is 0.300. The van der Waals surface area contributed by atoms with E-state index in [1.807, 2.05) is 4.90 Å². The van der Waals surface area contributed by atoms with Gasteiger partial charge in [0, 0.05) is 51.9 Å². The molecule has 1 atom stereocenters. The molecule has 2 rings (SSSR count). The Morgan fingerprint density at radius 2 is 1.83 bits per heavy atom. The van der Waals surface area contributed by atoms with E-state index in [1.54, 1.807) is 0 Å². The van der Waals surface area contributed by atoms with Gasteiger partial charge < -0.3 is 15.1 Å². The lowest BCUT2D eigenvalue weighted by molar-refractivity contribution is -0.135. The van der Waals surface area contributed by atoms with Crippen LogP contribution in [-0.2, 0) is 4.79 Å². The first-order valence-corrected chi connectivity index (χ1v) is 7.15. The van der Waals surface area contributed by atoms with Crippen molar-refractivity contribution in [3.05, 3.63) is 0 Å². The highest BCUT2D eigenvalue weighted by atomic mass is 16.2. The molecule has 5 nitrogen and oxygen atoms in total. The maximum atomic E-state index is 12.3. The van der Waals surface area contributed by atoms with Crippen LogP contribution in [0.15, 0.2) is 0 Å². The lowest BCUT2D eigenvalue weighted by atomic mass is 10.2. The lowest BCUT2D eigenvalue weighted by Crippen LogP contribution is -2.56. The van der Waals surface area contributed by atoms with Crippen molar-refractivity contribution in [2.45, 2.75) is 19.9 Å². The summed E-state index contributed by atoms with van der Waals surface area (Å²) in [6, 6.07) is 0.336. The Hall–Kier alpha value is -0.650. The van der Waals surface area contributed by atoms with E-state index in [9.17, 15) is 4.79 Å². The zero-order valence-electron chi connectivity index (χ0n) is 11.7. The van der Waals surface area contributed by atoms with Crippen molar-refractivity contribution in [1.29, 1.82) is 0 Å². The van der Waals surface area contributed by atoms with Crippen molar-refractivity contribution < 1.29 is 4.79 Å². The van der Waals surface area contributed by atoms with Crippen LogP contribution in [-0.4, -0.2) is 85.6 Å². The number of likely N-dealkylation sites (N-methyl/N-ethyl adjacent to an activating group) is 1. The molecule has 18 heavy (non-hydrogen) atoms. The summed E-state index contributed by atoms with van der Waals surface area (Å²) in [5.41, 5.74) is 0. The molecule has 1 amide bonds. The Bertz CT molecular complexity index is 276. The number of nitrogens with zero attached hydrogens (tertiary/aromatic N) is 3. The van der Waals surface area contributed by atoms with Gasteiger partial charge in [-0.25, -0.2) is 0 Å². The molecule has 0 aromatic carbocycles. The van der Waals surface area contributed by atoms with Crippen molar-refractivity contribution in [1.82, 2.24) is 20.0 Å². The second-order valence-electron chi connectivity index (χ2n) is 5.35. The molecular formula is C13H26N4O. The number of piperazine rings is 2. The van der Waals surface area contributed by atoms with Gasteiger partial charge in [-0.2, -0.15) is 0 Å². The second-order valence-corrected chi connectivity index (χ2v) is 5.35. The molecule has 2 aliphatic heterocycles. The number of hydrogen-bond donors (Lipinski definition) is 1. The van der Waals surface area contributed by atoms with Crippen LogP contribution in [0.25, 0.3) is 0 Å². The Balaban J connectivity index is 1.77. The minimum absolute atomic E-state index is 0.300. The molecule has 0 aliphatic carbocycles. The molecule has 5 heteroatoms. The van der Waals surface area contributed by atoms with E-state index in [4.69, 9.17) is 0 Å². The molecule has 1 N–H and O–H groups in total. The molecule has 0 saturated carbocycles. The summed E-state index contributed by atoms with van der Waals surface area (Å²) in [4.78, 5) is 19.0. The average Bonchev–Trinajstić information content (AvgIpc) is 2.40. The molecule has 0 bridgehead atoms. The first kappa shape index (κ1) is 13.8. The molecule has 0 spiro atoms. The first-order chi connectivity index (χ1) is 8.70. The average molecular weight is 254 g/mol. The largest absolute Gasteiger partial charge is 0.336 e. The van der Waals surface area contributed by atoms with Crippen LogP contribution in [0.1, 0.15) is 13.8 Å². The summed E-state index contributed by atoms with van der Waals surface area (Å²) >= 11 is 0. The van der Waals surface area contributed by atoms with Gasteiger partial charge >= 0.3 is 0 Å². The number of carbonyl (C=O) groups is 1. The smallest absolute Gasteiger partial charge is 0.237 e. The zero-order valence-corrected chi connectivity index (χ0v) is 11.7. The summed E-state index contributed by atoms with van der Waals surface area (Å²) < 4.78 is 0. The van der Waals surface area contributed by atoms with Gasteiger partial charge in [0.1, 0.15) is 0 Å². The van der Waals surface area contributed by atoms with Gasteiger partial charge in [-0.05, 0) is 13.5 Å². The van der Waals surface area contributed by atoms with Gasteiger partial charge in [-0.1, -0.05) is 6.92 Å². The Labute approximate surface area is 110 Å². The van der Waals surface area contributed by atoms with Crippen molar-refractivity contribution in [2.24, 2.45) is 0 Å². The maximum absolute atomic E-state index is 12.3. The second kappa shape index (κ2) is 6.50. The molecule has 0 aromatic rings. The van der Waals surface area contributed by atoms with Crippen molar-refractivity contribution in [2.75, 3.05) is 58.9 Å². The van der Waals surface area contributed by atoms with E-state index in [1.165, 1.54) is 0 Å². The molecule has 104 valence electrons. The van der Waals surface area contributed by atoms with Gasteiger partial charge in [0.15, 0.2) is 0 Å². The lowest BCUT2D eigenvalue weighted by Gasteiger charge is -2.38. The molecule has 2 aliphatic rings. The van der Waals surface area contributed by atoms with Crippen LogP contribution >= 0.6 is 0 Å². The molecule has 0 radical (unpaired) electrons. The van der Waals surface area contributed by atoms with Gasteiger partial charge in [-0.15, -0.1) is 0 Å². The number of carbonyl (C=O) groups excluding carboxylic acids is 1. The first-order valence-electron chi connectivity index (χ1n) is 7.15. The molecule has 2 heterocycles. The number of nitrogens with one attached hydrogen (secondary N) is 1. The number of hydrogen-bond acceptors (Lipinski definition) is 4. The Morgan fingerprint density at radius 1 is 1.17 bits per heavy atom. The highest BCUT2D eigenvalue weighted by Gasteiger charge is 2.25. The van der Waals surface area contributed by atoms with E-state index in [0.29, 0.717) is 18.5 Å². The van der Waals surface area contributed by atoms with E-state index in [-0.39, 0.29) is 0 Å². The van der Waals surface area contributed by atoms with Crippen LogP contribution in [0.2, 0.25) is 0 Å². The molecule has 2 fully saturated rings. The van der Waals surface area contributed by atoms with Crippen molar-refractivity contribution >= 4 is 5.91 Å². The normalized spacial score (nSPS) is 27.4. The summed E-state index contributed by atoms with van der Waals surface area (Å²) in [5, 5.41) is 3.32. The third-order valence-electron chi connectivity index (χ3n) is 4.09. The molecule has 0 aromatic heterocycles. The predicted molar refractivity (Wildman–Crippen MR) is 72.6 cm³/mol. The van der Waals surface area contributed by atoms with Crippen molar-refractivity contribution in [3.63, 3.8) is 0 Å². The van der Waals surface area contributed by atoms with Gasteiger partial charge in [0.2, 0.25) is 5.91 Å². The Morgan fingerprint density at radius 3 is 2.44 bits per heavy atom. The third-order valence-corrected chi connectivity index (χ3v) is 4.09. The Kier molecular flexibility index (Phi) is 4.97. The van der Waals surface area contributed by atoms with Gasteiger partial charge in [0.25, 0.3) is 0 Å². The number of rotatable bonds is 3. The fraction of sp³-hybridized carbons (Fsp3) is 0.923. The van der Waals surface area contributed by atoms with Crippen LogP contribution < -0.4 is 5.32 Å². The van der Waals surface area contributed by atoms with Crippen LogP contribution in [0, 0.1) is 0 Å². The topological polar surface area (TPSA) is 38.8 Å². The summed E-state index contributed by atoms with van der Waals surface area (Å²) in [6.07, 6.45) is 0. The minimum Gasteiger partial charge on any atom is -0.336 e. The summed E-state index contributed by atoms with van der Waals surface area (Å²) in [7, 11) is 0. The predicted octanol–water partition coefficient (Wildman–Crippen LogP) is -0.556. The van der Waals surface area contributed by atoms with E-state index in [0.717, 1.165) is 52.4 Å². The highest BCUT2D eigenvalue weighted by molar-refractivity contribution is 5.78. The maximum Gasteiger partial charge on any atom is 0.237 e. The molecular weight excluding hydrogens is 228 g/mol. The van der Waals surface area contributed by atoms with E-state index >= 15 is 0 Å². The van der Waals surface area contributed by atoms with Gasteiger partial charge in [-0.3, -0.25) is 9.69 Å².